The molecule has 0 aliphatic carbocycles. The fourth-order valence-electron chi connectivity index (χ4n) is 1.76. The molecule has 0 aromatic carbocycles. The van der Waals surface area contributed by atoms with Gasteiger partial charge in [-0.15, -0.1) is 0 Å². The Balaban J connectivity index is 2.89. The van der Waals surface area contributed by atoms with Crippen LogP contribution in [0.5, 0.6) is 0 Å². The lowest BCUT2D eigenvalue weighted by molar-refractivity contribution is -0.145. The van der Waals surface area contributed by atoms with E-state index in [2.05, 4.69) is 15.8 Å². The van der Waals surface area contributed by atoms with Crippen molar-refractivity contribution in [2.45, 2.75) is 13.3 Å². The highest BCUT2D eigenvalue weighted by atomic mass is 16.5. The van der Waals surface area contributed by atoms with Gasteiger partial charge in [0.2, 0.25) is 0 Å². The molecule has 7 heteroatoms. The van der Waals surface area contributed by atoms with Crippen LogP contribution >= 0.6 is 0 Å². The Hall–Kier alpha value is -2.88. The van der Waals surface area contributed by atoms with E-state index in [-0.39, 0.29) is 25.5 Å². The summed E-state index contributed by atoms with van der Waals surface area (Å²) in [7, 11) is 1.28. The standard InChI is InChI=1S/C16H19N3O4/c1-3-23-15(20)6-8-19(12-16(21)22-2)11-14(9-17)13-5-4-7-18-10-13/h4-5,7,10-11H,3,6,8,12H2,1-2H3. The second-order valence-electron chi connectivity index (χ2n) is 4.50. The molecule has 0 amide bonds. The van der Waals surface area contributed by atoms with Crippen molar-refractivity contribution >= 4 is 17.5 Å². The maximum Gasteiger partial charge on any atom is 0.325 e. The number of carbonyl (C=O) groups excluding carboxylic acids is 2. The first-order valence-corrected chi connectivity index (χ1v) is 7.09. The highest BCUT2D eigenvalue weighted by Gasteiger charge is 2.12. The fourth-order valence-corrected chi connectivity index (χ4v) is 1.76. The van der Waals surface area contributed by atoms with Crippen LogP contribution in [0.3, 0.4) is 0 Å². The van der Waals surface area contributed by atoms with Crippen molar-refractivity contribution in [2.75, 3.05) is 26.8 Å². The Morgan fingerprint density at radius 3 is 2.78 bits per heavy atom. The number of allylic oxidation sites excluding steroid dienone is 1. The van der Waals surface area contributed by atoms with Gasteiger partial charge < -0.3 is 14.4 Å². The van der Waals surface area contributed by atoms with E-state index >= 15 is 0 Å². The van der Waals surface area contributed by atoms with Gasteiger partial charge in [-0.05, 0) is 13.0 Å². The van der Waals surface area contributed by atoms with Crippen LogP contribution in [0.15, 0.2) is 30.7 Å². The molecule has 23 heavy (non-hydrogen) atoms. The van der Waals surface area contributed by atoms with Crippen LogP contribution in [0.1, 0.15) is 18.9 Å². The predicted octanol–water partition coefficient (Wildman–Crippen LogP) is 1.37. The number of pyridine rings is 1. The van der Waals surface area contributed by atoms with Gasteiger partial charge in [-0.3, -0.25) is 14.6 Å². The van der Waals surface area contributed by atoms with Gasteiger partial charge in [-0.25, -0.2) is 0 Å². The Bertz CT molecular complexity index is 593. The lowest BCUT2D eigenvalue weighted by atomic mass is 10.1. The molecule has 1 heterocycles. The Morgan fingerprint density at radius 2 is 2.22 bits per heavy atom. The van der Waals surface area contributed by atoms with Crippen LogP contribution in [-0.2, 0) is 19.1 Å². The van der Waals surface area contributed by atoms with Crippen LogP contribution < -0.4 is 0 Å². The molecule has 0 N–H and O–H groups in total. The van der Waals surface area contributed by atoms with Crippen LogP contribution in [-0.4, -0.2) is 48.6 Å². The summed E-state index contributed by atoms with van der Waals surface area (Å²) in [6.45, 7) is 2.19. The highest BCUT2D eigenvalue weighted by Crippen LogP contribution is 2.13. The number of hydrogen-bond donors (Lipinski definition) is 0. The molecule has 122 valence electrons. The SMILES string of the molecule is CCOC(=O)CCN(C=C(C#N)c1cccnc1)CC(=O)OC. The molecule has 0 saturated carbocycles. The largest absolute Gasteiger partial charge is 0.468 e. The first-order valence-electron chi connectivity index (χ1n) is 7.09. The number of rotatable bonds is 8. The fraction of sp³-hybridized carbons (Fsp3) is 0.375. The van der Waals surface area contributed by atoms with E-state index in [9.17, 15) is 14.9 Å². The molecule has 7 nitrogen and oxygen atoms in total. The summed E-state index contributed by atoms with van der Waals surface area (Å²) in [5.41, 5.74) is 0.965. The molecule has 1 aromatic rings. The molecule has 0 saturated heterocycles. The van der Waals surface area contributed by atoms with Gasteiger partial charge in [0.15, 0.2) is 0 Å². The number of aromatic nitrogens is 1. The zero-order valence-electron chi connectivity index (χ0n) is 13.2. The third-order valence-corrected chi connectivity index (χ3v) is 2.87. The first-order chi connectivity index (χ1) is 11.1. The molecule has 0 unspecified atom stereocenters. The first kappa shape index (κ1) is 18.2. The van der Waals surface area contributed by atoms with Gasteiger partial charge in [0, 0.05) is 30.7 Å². The number of nitrogens with zero attached hydrogens (tertiary/aromatic N) is 3. The average Bonchev–Trinajstić information content (AvgIpc) is 2.58. The van der Waals surface area contributed by atoms with Crippen molar-refractivity contribution in [1.29, 1.82) is 5.26 Å². The molecule has 0 bridgehead atoms. The second-order valence-corrected chi connectivity index (χ2v) is 4.50. The summed E-state index contributed by atoms with van der Waals surface area (Å²) < 4.78 is 9.50. The van der Waals surface area contributed by atoms with Crippen molar-refractivity contribution in [3.8, 4) is 6.07 Å². The van der Waals surface area contributed by atoms with Crippen molar-refractivity contribution in [1.82, 2.24) is 9.88 Å². The number of methoxy groups -OCH3 is 1. The summed E-state index contributed by atoms with van der Waals surface area (Å²) >= 11 is 0. The van der Waals surface area contributed by atoms with Crippen LogP contribution in [0.4, 0.5) is 0 Å². The zero-order chi connectivity index (χ0) is 17.1. The maximum atomic E-state index is 11.5. The monoisotopic (exact) mass is 317 g/mol. The van der Waals surface area contributed by atoms with Crippen molar-refractivity contribution in [3.63, 3.8) is 0 Å². The topological polar surface area (TPSA) is 92.5 Å². The lowest BCUT2D eigenvalue weighted by Crippen LogP contribution is -2.28. The third-order valence-electron chi connectivity index (χ3n) is 2.87. The molecule has 0 atom stereocenters. The van der Waals surface area contributed by atoms with Gasteiger partial charge in [-0.1, -0.05) is 6.07 Å². The smallest absolute Gasteiger partial charge is 0.325 e. The molecule has 0 spiro atoms. The van der Waals surface area contributed by atoms with E-state index < -0.39 is 5.97 Å². The Morgan fingerprint density at radius 1 is 1.43 bits per heavy atom. The van der Waals surface area contributed by atoms with Crippen LogP contribution in [0.2, 0.25) is 0 Å². The van der Waals surface area contributed by atoms with Gasteiger partial charge in [0.05, 0.1) is 25.7 Å². The molecule has 0 aliphatic heterocycles. The van der Waals surface area contributed by atoms with Gasteiger partial charge in [0.25, 0.3) is 0 Å². The second kappa shape index (κ2) is 9.95. The molecule has 1 aromatic heterocycles. The lowest BCUT2D eigenvalue weighted by Gasteiger charge is -2.19. The number of carbonyl (C=O) groups is 2. The maximum absolute atomic E-state index is 11.5. The predicted molar refractivity (Wildman–Crippen MR) is 82.7 cm³/mol. The minimum atomic E-state index is -0.464. The van der Waals surface area contributed by atoms with E-state index in [0.717, 1.165) is 0 Å². The number of nitriles is 1. The molecular formula is C16H19N3O4. The van der Waals surface area contributed by atoms with Crippen LogP contribution in [0.25, 0.3) is 5.57 Å². The summed E-state index contributed by atoms with van der Waals surface area (Å²) in [6, 6.07) is 5.52. The Kier molecular flexibility index (Phi) is 7.86. The quantitative estimate of drug-likeness (QED) is 0.528. The number of esters is 2. The molecule has 0 fully saturated rings. The summed E-state index contributed by atoms with van der Waals surface area (Å²) in [5.74, 6) is -0.829. The third kappa shape index (κ3) is 6.61. The van der Waals surface area contributed by atoms with E-state index in [1.807, 2.05) is 0 Å². The minimum Gasteiger partial charge on any atom is -0.468 e. The van der Waals surface area contributed by atoms with Crippen molar-refractivity contribution < 1.29 is 19.1 Å². The van der Waals surface area contributed by atoms with E-state index in [4.69, 9.17) is 4.74 Å². The molecule has 1 rings (SSSR count). The minimum absolute atomic E-state index is 0.0681. The van der Waals surface area contributed by atoms with Gasteiger partial charge >= 0.3 is 11.9 Å². The van der Waals surface area contributed by atoms with E-state index in [0.29, 0.717) is 17.7 Å². The highest BCUT2D eigenvalue weighted by molar-refractivity contribution is 5.77. The van der Waals surface area contributed by atoms with Crippen LogP contribution in [0, 0.1) is 11.3 Å². The Labute approximate surface area is 135 Å². The molecular weight excluding hydrogens is 298 g/mol. The van der Waals surface area contributed by atoms with E-state index in [1.165, 1.54) is 13.3 Å². The number of hydrogen-bond acceptors (Lipinski definition) is 7. The molecule has 0 aliphatic rings. The van der Waals surface area contributed by atoms with Gasteiger partial charge in [-0.2, -0.15) is 5.26 Å². The number of ether oxygens (including phenoxy) is 2. The van der Waals surface area contributed by atoms with Crippen molar-refractivity contribution in [2.24, 2.45) is 0 Å². The van der Waals surface area contributed by atoms with E-state index in [1.54, 1.807) is 36.4 Å². The van der Waals surface area contributed by atoms with Gasteiger partial charge in [0.1, 0.15) is 12.6 Å². The summed E-state index contributed by atoms with van der Waals surface area (Å²) in [4.78, 5) is 28.5. The normalized spacial score (nSPS) is 10.6. The van der Waals surface area contributed by atoms with Crippen molar-refractivity contribution in [3.05, 3.63) is 36.3 Å². The average molecular weight is 317 g/mol. The molecule has 0 radical (unpaired) electrons. The summed E-state index contributed by atoms with van der Waals surface area (Å²) in [5, 5.41) is 9.30. The zero-order valence-corrected chi connectivity index (χ0v) is 13.2. The summed E-state index contributed by atoms with van der Waals surface area (Å²) in [6.07, 6.45) is 4.78.